The Morgan fingerprint density at radius 3 is 2.72 bits per heavy atom. The van der Waals surface area contributed by atoms with Crippen LogP contribution in [0, 0.1) is 0 Å². The minimum atomic E-state index is -3.52. The van der Waals surface area contributed by atoms with E-state index in [2.05, 4.69) is 0 Å². The van der Waals surface area contributed by atoms with Crippen LogP contribution in [0.3, 0.4) is 0 Å². The van der Waals surface area contributed by atoms with Crippen LogP contribution < -0.4 is 8.92 Å². The molecule has 6 heteroatoms. The van der Waals surface area contributed by atoms with Crippen LogP contribution in [0.25, 0.3) is 0 Å². The molecule has 0 fully saturated rings. The van der Waals surface area contributed by atoms with Crippen molar-refractivity contribution in [1.29, 1.82) is 0 Å². The van der Waals surface area contributed by atoms with Crippen molar-refractivity contribution in [1.82, 2.24) is 0 Å². The number of ether oxygens (including phenoxy) is 2. The molecule has 1 aliphatic heterocycles. The average molecular weight is 272 g/mol. The second kappa shape index (κ2) is 4.44. The largest absolute Gasteiger partial charge is 0.467 e. The summed E-state index contributed by atoms with van der Waals surface area (Å²) in [5.41, 5.74) is 0.615. The molecule has 0 bridgehead atoms. The topological polar surface area (TPSA) is 61.8 Å². The molecule has 0 aliphatic carbocycles. The first-order chi connectivity index (χ1) is 8.28. The van der Waals surface area contributed by atoms with Crippen LogP contribution in [0.5, 0.6) is 11.5 Å². The molecule has 1 aliphatic rings. The van der Waals surface area contributed by atoms with Crippen LogP contribution in [0.2, 0.25) is 0 Å². The molecule has 18 heavy (non-hydrogen) atoms. The highest BCUT2D eigenvalue weighted by molar-refractivity contribution is 7.86. The Kier molecular flexibility index (Phi) is 3.25. The Balaban J connectivity index is 2.43. The lowest BCUT2D eigenvalue weighted by Crippen LogP contribution is -2.22. The summed E-state index contributed by atoms with van der Waals surface area (Å²) in [5.74, 6) is 0.980. The molecule has 5 nitrogen and oxygen atoms in total. The number of hydrogen-bond acceptors (Lipinski definition) is 5. The van der Waals surface area contributed by atoms with Crippen molar-refractivity contribution in [3.05, 3.63) is 23.8 Å². The van der Waals surface area contributed by atoms with Crippen LogP contribution >= 0.6 is 0 Å². The second-order valence-electron chi connectivity index (χ2n) is 4.94. The molecule has 100 valence electrons. The summed E-state index contributed by atoms with van der Waals surface area (Å²) >= 11 is 0. The Hall–Kier alpha value is -1.27. The van der Waals surface area contributed by atoms with E-state index in [1.807, 2.05) is 13.8 Å². The van der Waals surface area contributed by atoms with Gasteiger partial charge in [-0.05, 0) is 18.2 Å². The van der Waals surface area contributed by atoms with E-state index < -0.39 is 10.1 Å². The van der Waals surface area contributed by atoms with Gasteiger partial charge in [-0.15, -0.1) is 0 Å². The lowest BCUT2D eigenvalue weighted by molar-refractivity contribution is 0.00900. The third kappa shape index (κ3) is 2.94. The predicted molar refractivity (Wildman–Crippen MR) is 66.4 cm³/mol. The van der Waals surface area contributed by atoms with Gasteiger partial charge in [0.25, 0.3) is 0 Å². The standard InChI is InChI=1S/C12H16O5S/c1-12(2)7-15-8-16-11-5-4-9(6-10(11)12)17-18(3,13)14/h4-6H,7-8H2,1-3H3. The Bertz CT molecular complexity index is 548. The van der Waals surface area contributed by atoms with Crippen LogP contribution in [-0.4, -0.2) is 28.1 Å². The summed E-state index contributed by atoms with van der Waals surface area (Å²) < 4.78 is 37.9. The molecule has 1 aromatic rings. The van der Waals surface area contributed by atoms with Gasteiger partial charge in [0, 0.05) is 11.0 Å². The van der Waals surface area contributed by atoms with Crippen molar-refractivity contribution in [2.75, 3.05) is 19.7 Å². The van der Waals surface area contributed by atoms with Gasteiger partial charge in [0.2, 0.25) is 0 Å². The van der Waals surface area contributed by atoms with E-state index in [-0.39, 0.29) is 18.0 Å². The van der Waals surface area contributed by atoms with Crippen molar-refractivity contribution in [2.45, 2.75) is 19.3 Å². The third-order valence-electron chi connectivity index (χ3n) is 2.69. The van der Waals surface area contributed by atoms with Gasteiger partial charge in [0.1, 0.15) is 11.5 Å². The Labute approximate surface area is 107 Å². The van der Waals surface area contributed by atoms with Crippen molar-refractivity contribution in [3.8, 4) is 11.5 Å². The molecule has 1 heterocycles. The van der Waals surface area contributed by atoms with Crippen molar-refractivity contribution in [2.24, 2.45) is 0 Å². The zero-order chi connectivity index (χ0) is 13.4. The van der Waals surface area contributed by atoms with Crippen LogP contribution in [-0.2, 0) is 20.3 Å². The maximum Gasteiger partial charge on any atom is 0.306 e. The highest BCUT2D eigenvalue weighted by Gasteiger charge is 2.28. The molecule has 0 aromatic heterocycles. The zero-order valence-electron chi connectivity index (χ0n) is 10.6. The average Bonchev–Trinajstić information content (AvgIpc) is 2.36. The Morgan fingerprint density at radius 1 is 1.33 bits per heavy atom. The van der Waals surface area contributed by atoms with Crippen LogP contribution in [0.15, 0.2) is 18.2 Å². The molecule has 0 saturated heterocycles. The van der Waals surface area contributed by atoms with E-state index in [4.69, 9.17) is 13.7 Å². The molecule has 0 radical (unpaired) electrons. The molecule has 0 spiro atoms. The first-order valence-corrected chi connectivity index (χ1v) is 7.34. The van der Waals surface area contributed by atoms with Gasteiger partial charge in [0.05, 0.1) is 12.9 Å². The number of rotatable bonds is 2. The van der Waals surface area contributed by atoms with Crippen LogP contribution in [0.4, 0.5) is 0 Å². The molecular weight excluding hydrogens is 256 g/mol. The highest BCUT2D eigenvalue weighted by atomic mass is 32.2. The van der Waals surface area contributed by atoms with Gasteiger partial charge in [-0.1, -0.05) is 13.8 Å². The molecular formula is C12H16O5S. The summed E-state index contributed by atoms with van der Waals surface area (Å²) in [7, 11) is -3.52. The van der Waals surface area contributed by atoms with E-state index in [0.29, 0.717) is 12.4 Å². The lowest BCUT2D eigenvalue weighted by Gasteiger charge is -2.23. The van der Waals surface area contributed by atoms with Crippen molar-refractivity contribution in [3.63, 3.8) is 0 Å². The number of benzene rings is 1. The SMILES string of the molecule is CC1(C)COCOc2ccc(OS(C)(=O)=O)cc21. The lowest BCUT2D eigenvalue weighted by atomic mass is 9.85. The molecule has 2 rings (SSSR count). The fraction of sp³-hybridized carbons (Fsp3) is 0.500. The van der Waals surface area contributed by atoms with Gasteiger partial charge in [0.15, 0.2) is 6.79 Å². The highest BCUT2D eigenvalue weighted by Crippen LogP contribution is 2.36. The normalized spacial score (nSPS) is 18.4. The van der Waals surface area contributed by atoms with E-state index in [0.717, 1.165) is 11.8 Å². The fourth-order valence-electron chi connectivity index (χ4n) is 1.87. The number of hydrogen-bond donors (Lipinski definition) is 0. The first-order valence-electron chi connectivity index (χ1n) is 5.52. The van der Waals surface area contributed by atoms with E-state index >= 15 is 0 Å². The molecule has 1 aromatic carbocycles. The quantitative estimate of drug-likeness (QED) is 0.766. The summed E-state index contributed by atoms with van der Waals surface area (Å²) in [5, 5.41) is 0. The predicted octanol–water partition coefficient (Wildman–Crippen LogP) is 1.67. The van der Waals surface area contributed by atoms with Crippen LogP contribution in [0.1, 0.15) is 19.4 Å². The summed E-state index contributed by atoms with van der Waals surface area (Å²) in [6, 6.07) is 4.96. The van der Waals surface area contributed by atoms with E-state index in [9.17, 15) is 8.42 Å². The van der Waals surface area contributed by atoms with Gasteiger partial charge in [-0.2, -0.15) is 8.42 Å². The molecule has 0 amide bonds. The summed E-state index contributed by atoms with van der Waals surface area (Å²) in [6.07, 6.45) is 1.02. The first kappa shape index (κ1) is 13.2. The molecule has 0 saturated carbocycles. The number of fused-ring (bicyclic) bond motifs is 1. The molecule has 0 unspecified atom stereocenters. The molecule has 0 N–H and O–H groups in total. The second-order valence-corrected chi connectivity index (χ2v) is 6.51. The van der Waals surface area contributed by atoms with Gasteiger partial charge < -0.3 is 13.7 Å². The maximum atomic E-state index is 11.1. The monoisotopic (exact) mass is 272 g/mol. The van der Waals surface area contributed by atoms with Gasteiger partial charge >= 0.3 is 10.1 Å². The maximum absolute atomic E-state index is 11.1. The smallest absolute Gasteiger partial charge is 0.306 e. The minimum Gasteiger partial charge on any atom is -0.467 e. The summed E-state index contributed by atoms with van der Waals surface area (Å²) in [4.78, 5) is 0. The third-order valence-corrected chi connectivity index (χ3v) is 3.18. The molecule has 0 atom stereocenters. The summed E-state index contributed by atoms with van der Waals surface area (Å²) in [6.45, 7) is 4.71. The minimum absolute atomic E-state index is 0.197. The van der Waals surface area contributed by atoms with E-state index in [1.54, 1.807) is 18.2 Å². The van der Waals surface area contributed by atoms with Crippen molar-refractivity contribution < 1.29 is 22.1 Å². The fourth-order valence-corrected chi connectivity index (χ4v) is 2.32. The van der Waals surface area contributed by atoms with Gasteiger partial charge in [-0.3, -0.25) is 0 Å². The van der Waals surface area contributed by atoms with E-state index in [1.165, 1.54) is 0 Å². The van der Waals surface area contributed by atoms with Gasteiger partial charge in [-0.25, -0.2) is 0 Å². The van der Waals surface area contributed by atoms with Crippen molar-refractivity contribution >= 4 is 10.1 Å². The Morgan fingerprint density at radius 2 is 2.06 bits per heavy atom. The zero-order valence-corrected chi connectivity index (χ0v) is 11.4.